The monoisotopic (exact) mass is 146 g/mol. The Hall–Kier alpha value is -0.0900. The Morgan fingerprint density at radius 2 is 2.75 bits per heavy atom. The van der Waals surface area contributed by atoms with Crippen LogP contribution in [-0.4, -0.2) is 16.0 Å². The average Bonchev–Trinajstić information content (AvgIpc) is 2.19. The first-order chi connectivity index (χ1) is 3.93. The summed E-state index contributed by atoms with van der Waals surface area (Å²) >= 11 is 3.32. The molecule has 0 saturated carbocycles. The highest BCUT2D eigenvalue weighted by Crippen LogP contribution is 2.17. The molecule has 44 valence electrons. The van der Waals surface area contributed by atoms with E-state index in [4.69, 9.17) is 0 Å². The maximum absolute atomic E-state index is 3.84. The Morgan fingerprint density at radius 1 is 1.88 bits per heavy atom. The summed E-state index contributed by atoms with van der Waals surface area (Å²) in [6, 6.07) is 0. The molecule has 0 radical (unpaired) electrons. The Kier molecular flexibility index (Phi) is 2.29. The highest BCUT2D eigenvalue weighted by molar-refractivity contribution is 8.00. The molecule has 0 N–H and O–H groups in total. The fraction of sp³-hybridized carbons (Fsp3) is 0.500. The number of aromatic nitrogens is 2. The van der Waals surface area contributed by atoms with Crippen molar-refractivity contribution in [3.63, 3.8) is 0 Å². The standard InChI is InChI=1S/C4H6N2S2/c1-2-7-4-6-5-3-8-4/h3H,2H2,1H3. The molecule has 0 aliphatic carbocycles. The van der Waals surface area contributed by atoms with Gasteiger partial charge in [0, 0.05) is 0 Å². The smallest absolute Gasteiger partial charge is 0.146 e. The van der Waals surface area contributed by atoms with Gasteiger partial charge >= 0.3 is 0 Å². The Labute approximate surface area is 56.3 Å². The summed E-state index contributed by atoms with van der Waals surface area (Å²) in [5.74, 6) is 1.08. The largest absolute Gasteiger partial charge is 0.174 e. The Morgan fingerprint density at radius 3 is 3.25 bits per heavy atom. The van der Waals surface area contributed by atoms with Crippen molar-refractivity contribution in [3.05, 3.63) is 5.51 Å². The number of rotatable bonds is 2. The van der Waals surface area contributed by atoms with E-state index in [9.17, 15) is 0 Å². The first-order valence-electron chi connectivity index (χ1n) is 2.32. The van der Waals surface area contributed by atoms with Gasteiger partial charge in [0.15, 0.2) is 4.34 Å². The highest BCUT2D eigenvalue weighted by Gasteiger charge is 1.91. The molecule has 0 amide bonds. The van der Waals surface area contributed by atoms with E-state index in [1.807, 2.05) is 0 Å². The maximum Gasteiger partial charge on any atom is 0.174 e. The topological polar surface area (TPSA) is 25.8 Å². The van der Waals surface area contributed by atoms with Gasteiger partial charge in [0.25, 0.3) is 0 Å². The first kappa shape index (κ1) is 6.04. The minimum Gasteiger partial charge on any atom is -0.146 e. The SMILES string of the molecule is CCSc1nncs1. The van der Waals surface area contributed by atoms with Crippen molar-refractivity contribution in [1.29, 1.82) is 0 Å². The van der Waals surface area contributed by atoms with Crippen molar-refractivity contribution in [2.45, 2.75) is 11.3 Å². The van der Waals surface area contributed by atoms with Gasteiger partial charge in [0.1, 0.15) is 5.51 Å². The molecule has 0 aliphatic heterocycles. The van der Waals surface area contributed by atoms with Gasteiger partial charge in [-0.15, -0.1) is 10.2 Å². The molecule has 0 saturated heterocycles. The number of hydrogen-bond acceptors (Lipinski definition) is 4. The van der Waals surface area contributed by atoms with Crippen LogP contribution < -0.4 is 0 Å². The van der Waals surface area contributed by atoms with Crippen LogP contribution in [0.2, 0.25) is 0 Å². The molecule has 0 bridgehead atoms. The maximum atomic E-state index is 3.84. The quantitative estimate of drug-likeness (QED) is 0.593. The van der Waals surface area contributed by atoms with Gasteiger partial charge in [-0.05, 0) is 5.75 Å². The predicted molar refractivity (Wildman–Crippen MR) is 36.3 cm³/mol. The number of nitrogens with zero attached hydrogens (tertiary/aromatic N) is 2. The molecule has 1 rings (SSSR count). The second-order valence-electron chi connectivity index (χ2n) is 1.14. The van der Waals surface area contributed by atoms with Crippen molar-refractivity contribution in [3.8, 4) is 0 Å². The molecule has 2 nitrogen and oxygen atoms in total. The van der Waals surface area contributed by atoms with Gasteiger partial charge in [-0.2, -0.15) is 0 Å². The van der Waals surface area contributed by atoms with Crippen molar-refractivity contribution in [1.82, 2.24) is 10.2 Å². The number of thioether (sulfide) groups is 1. The molecular weight excluding hydrogens is 140 g/mol. The molecule has 0 aliphatic rings. The zero-order valence-corrected chi connectivity index (χ0v) is 6.13. The van der Waals surface area contributed by atoms with E-state index in [2.05, 4.69) is 17.1 Å². The van der Waals surface area contributed by atoms with Crippen LogP contribution in [0.3, 0.4) is 0 Å². The van der Waals surface area contributed by atoms with Crippen LogP contribution in [0.5, 0.6) is 0 Å². The lowest BCUT2D eigenvalue weighted by Gasteiger charge is -1.82. The van der Waals surface area contributed by atoms with E-state index in [0.717, 1.165) is 10.1 Å². The number of hydrogen-bond donors (Lipinski definition) is 0. The first-order valence-corrected chi connectivity index (χ1v) is 4.19. The molecule has 1 heterocycles. The van der Waals surface area contributed by atoms with Crippen LogP contribution in [0, 0.1) is 0 Å². The van der Waals surface area contributed by atoms with E-state index in [0.29, 0.717) is 0 Å². The molecule has 0 fully saturated rings. The van der Waals surface area contributed by atoms with Crippen LogP contribution in [0.25, 0.3) is 0 Å². The van der Waals surface area contributed by atoms with Gasteiger partial charge in [-0.3, -0.25) is 0 Å². The molecule has 0 aromatic carbocycles. The zero-order valence-electron chi connectivity index (χ0n) is 4.50. The molecule has 4 heteroatoms. The van der Waals surface area contributed by atoms with E-state index < -0.39 is 0 Å². The van der Waals surface area contributed by atoms with Crippen LogP contribution in [0.15, 0.2) is 9.85 Å². The minimum atomic E-state index is 1.06. The predicted octanol–water partition coefficient (Wildman–Crippen LogP) is 1.65. The molecule has 1 aromatic heterocycles. The van der Waals surface area contributed by atoms with Crippen molar-refractivity contribution < 1.29 is 0 Å². The minimum absolute atomic E-state index is 1.06. The van der Waals surface area contributed by atoms with E-state index >= 15 is 0 Å². The third-order valence-electron chi connectivity index (χ3n) is 0.608. The van der Waals surface area contributed by atoms with Gasteiger partial charge < -0.3 is 0 Å². The van der Waals surface area contributed by atoms with Crippen molar-refractivity contribution in [2.24, 2.45) is 0 Å². The Balaban J connectivity index is 2.50. The molecule has 1 aromatic rings. The van der Waals surface area contributed by atoms with Crippen LogP contribution in [0.4, 0.5) is 0 Å². The van der Waals surface area contributed by atoms with Gasteiger partial charge in [0.2, 0.25) is 0 Å². The second-order valence-corrected chi connectivity index (χ2v) is 3.48. The van der Waals surface area contributed by atoms with Crippen LogP contribution >= 0.6 is 23.1 Å². The lowest BCUT2D eigenvalue weighted by atomic mass is 11.0. The fourth-order valence-corrected chi connectivity index (χ4v) is 1.73. The average molecular weight is 146 g/mol. The summed E-state index contributed by atoms with van der Waals surface area (Å²) in [4.78, 5) is 0. The Bertz CT molecular complexity index is 138. The summed E-state index contributed by atoms with van der Waals surface area (Å²) in [7, 11) is 0. The fourth-order valence-electron chi connectivity index (χ4n) is 0.349. The molecular formula is C4H6N2S2. The summed E-state index contributed by atoms with van der Waals surface area (Å²) in [5.41, 5.74) is 1.75. The summed E-state index contributed by atoms with van der Waals surface area (Å²) < 4.78 is 1.06. The summed E-state index contributed by atoms with van der Waals surface area (Å²) in [6.07, 6.45) is 0. The molecule has 0 spiro atoms. The molecule has 0 atom stereocenters. The van der Waals surface area contributed by atoms with E-state index in [1.54, 1.807) is 28.6 Å². The summed E-state index contributed by atoms with van der Waals surface area (Å²) in [6.45, 7) is 2.10. The van der Waals surface area contributed by atoms with E-state index in [-0.39, 0.29) is 0 Å². The normalized spacial score (nSPS) is 9.62. The molecule has 8 heavy (non-hydrogen) atoms. The van der Waals surface area contributed by atoms with Crippen molar-refractivity contribution >= 4 is 23.1 Å². The van der Waals surface area contributed by atoms with Gasteiger partial charge in [-0.25, -0.2) is 0 Å². The summed E-state index contributed by atoms with van der Waals surface area (Å²) in [5, 5.41) is 7.53. The van der Waals surface area contributed by atoms with E-state index in [1.165, 1.54) is 0 Å². The third kappa shape index (κ3) is 1.45. The zero-order chi connectivity index (χ0) is 5.82. The lowest BCUT2D eigenvalue weighted by molar-refractivity contribution is 1.01. The molecule has 0 unspecified atom stereocenters. The van der Waals surface area contributed by atoms with Crippen LogP contribution in [-0.2, 0) is 0 Å². The second kappa shape index (κ2) is 3.04. The van der Waals surface area contributed by atoms with Crippen LogP contribution in [0.1, 0.15) is 6.92 Å². The van der Waals surface area contributed by atoms with Crippen molar-refractivity contribution in [2.75, 3.05) is 5.75 Å². The highest BCUT2D eigenvalue weighted by atomic mass is 32.2. The lowest BCUT2D eigenvalue weighted by Crippen LogP contribution is -1.69. The third-order valence-corrected chi connectivity index (χ3v) is 2.35. The van der Waals surface area contributed by atoms with Gasteiger partial charge in [-0.1, -0.05) is 30.0 Å². The van der Waals surface area contributed by atoms with Gasteiger partial charge in [0.05, 0.1) is 0 Å².